The fourth-order valence-corrected chi connectivity index (χ4v) is 0.980. The number of guanidine groups is 1. The zero-order chi connectivity index (χ0) is 8.81. The zero-order valence-corrected chi connectivity index (χ0v) is 7.76. The van der Waals surface area contributed by atoms with E-state index in [4.69, 9.17) is 4.74 Å². The monoisotopic (exact) mass is 171 g/mol. The Hall–Kier alpha value is -0.770. The van der Waals surface area contributed by atoms with Crippen molar-refractivity contribution in [2.45, 2.75) is 20.0 Å². The SMILES string of the molecule is CC(C)OCCNC1=NCCN1. The van der Waals surface area contributed by atoms with E-state index in [0.29, 0.717) is 6.10 Å². The van der Waals surface area contributed by atoms with Gasteiger partial charge in [0.2, 0.25) is 0 Å². The van der Waals surface area contributed by atoms with Crippen LogP contribution in [0.1, 0.15) is 13.8 Å². The molecule has 1 aliphatic heterocycles. The molecule has 0 aliphatic carbocycles. The topological polar surface area (TPSA) is 45.6 Å². The maximum absolute atomic E-state index is 5.36. The maximum atomic E-state index is 5.36. The molecule has 2 N–H and O–H groups in total. The summed E-state index contributed by atoms with van der Waals surface area (Å²) < 4.78 is 5.36. The molecule has 1 aliphatic rings. The summed E-state index contributed by atoms with van der Waals surface area (Å²) in [5, 5.41) is 6.28. The molecule has 0 aromatic carbocycles. The molecule has 12 heavy (non-hydrogen) atoms. The van der Waals surface area contributed by atoms with Crippen molar-refractivity contribution in [2.75, 3.05) is 26.2 Å². The minimum absolute atomic E-state index is 0.310. The van der Waals surface area contributed by atoms with E-state index in [1.54, 1.807) is 0 Å². The molecular formula is C8H17N3O. The lowest BCUT2D eigenvalue weighted by Gasteiger charge is -2.09. The smallest absolute Gasteiger partial charge is 0.191 e. The van der Waals surface area contributed by atoms with Crippen molar-refractivity contribution in [3.8, 4) is 0 Å². The molecule has 1 heterocycles. The van der Waals surface area contributed by atoms with E-state index in [2.05, 4.69) is 15.6 Å². The standard InChI is InChI=1S/C8H17N3O/c1-7(2)12-6-5-11-8-9-3-4-10-8/h7H,3-6H2,1-2H3,(H2,9,10,11). The summed E-state index contributed by atoms with van der Waals surface area (Å²) in [7, 11) is 0. The lowest BCUT2D eigenvalue weighted by Crippen LogP contribution is -2.36. The second-order valence-corrected chi connectivity index (χ2v) is 3.00. The molecule has 0 spiro atoms. The highest BCUT2D eigenvalue weighted by Crippen LogP contribution is 1.85. The fraction of sp³-hybridized carbons (Fsp3) is 0.875. The van der Waals surface area contributed by atoms with E-state index >= 15 is 0 Å². The summed E-state index contributed by atoms with van der Waals surface area (Å²) in [5.74, 6) is 0.905. The number of aliphatic imine (C=N–C) groups is 1. The van der Waals surface area contributed by atoms with Crippen LogP contribution in [0.2, 0.25) is 0 Å². The van der Waals surface area contributed by atoms with Crippen molar-refractivity contribution in [2.24, 2.45) is 4.99 Å². The highest BCUT2D eigenvalue weighted by Gasteiger charge is 2.02. The molecule has 0 atom stereocenters. The van der Waals surface area contributed by atoms with Gasteiger partial charge in [-0.25, -0.2) is 0 Å². The van der Waals surface area contributed by atoms with Gasteiger partial charge in [-0.05, 0) is 13.8 Å². The van der Waals surface area contributed by atoms with Crippen LogP contribution in [-0.4, -0.2) is 38.3 Å². The van der Waals surface area contributed by atoms with Crippen LogP contribution in [0.25, 0.3) is 0 Å². The first-order valence-corrected chi connectivity index (χ1v) is 4.43. The molecular weight excluding hydrogens is 154 g/mol. The molecule has 0 amide bonds. The van der Waals surface area contributed by atoms with Gasteiger partial charge in [0.05, 0.1) is 19.3 Å². The van der Waals surface area contributed by atoms with Crippen LogP contribution in [0.15, 0.2) is 4.99 Å². The van der Waals surface area contributed by atoms with Crippen molar-refractivity contribution in [1.82, 2.24) is 10.6 Å². The van der Waals surface area contributed by atoms with Crippen molar-refractivity contribution in [3.05, 3.63) is 0 Å². The third kappa shape index (κ3) is 3.57. The van der Waals surface area contributed by atoms with Gasteiger partial charge in [0.15, 0.2) is 5.96 Å². The van der Waals surface area contributed by atoms with E-state index < -0.39 is 0 Å². The van der Waals surface area contributed by atoms with Crippen molar-refractivity contribution >= 4 is 5.96 Å². The van der Waals surface area contributed by atoms with Gasteiger partial charge in [-0.2, -0.15) is 0 Å². The van der Waals surface area contributed by atoms with E-state index in [9.17, 15) is 0 Å². The molecule has 0 aromatic rings. The van der Waals surface area contributed by atoms with Crippen molar-refractivity contribution in [3.63, 3.8) is 0 Å². The van der Waals surface area contributed by atoms with Crippen molar-refractivity contribution < 1.29 is 4.74 Å². The number of nitrogens with zero attached hydrogens (tertiary/aromatic N) is 1. The summed E-state index contributed by atoms with van der Waals surface area (Å²) >= 11 is 0. The second-order valence-electron chi connectivity index (χ2n) is 3.00. The summed E-state index contributed by atoms with van der Waals surface area (Å²) in [6.45, 7) is 7.46. The third-order valence-electron chi connectivity index (χ3n) is 1.52. The van der Waals surface area contributed by atoms with E-state index in [-0.39, 0.29) is 0 Å². The van der Waals surface area contributed by atoms with E-state index in [0.717, 1.165) is 32.2 Å². The number of hydrogen-bond donors (Lipinski definition) is 2. The largest absolute Gasteiger partial charge is 0.377 e. The Morgan fingerprint density at radius 1 is 1.67 bits per heavy atom. The number of hydrogen-bond acceptors (Lipinski definition) is 4. The van der Waals surface area contributed by atoms with Crippen molar-refractivity contribution in [1.29, 1.82) is 0 Å². The third-order valence-corrected chi connectivity index (χ3v) is 1.52. The van der Waals surface area contributed by atoms with Gasteiger partial charge in [0.1, 0.15) is 0 Å². The Labute approximate surface area is 73.4 Å². The highest BCUT2D eigenvalue weighted by molar-refractivity contribution is 5.81. The lowest BCUT2D eigenvalue weighted by atomic mass is 10.5. The minimum atomic E-state index is 0.310. The van der Waals surface area contributed by atoms with Gasteiger partial charge in [0, 0.05) is 13.1 Å². The van der Waals surface area contributed by atoms with Crippen LogP contribution < -0.4 is 10.6 Å². The molecule has 0 saturated heterocycles. The second kappa shape index (κ2) is 4.98. The average Bonchev–Trinajstić information content (AvgIpc) is 2.49. The Kier molecular flexibility index (Phi) is 3.87. The normalized spacial score (nSPS) is 16.1. The van der Waals surface area contributed by atoms with Gasteiger partial charge >= 0.3 is 0 Å². The summed E-state index contributed by atoms with van der Waals surface area (Å²) in [4.78, 5) is 4.19. The van der Waals surface area contributed by atoms with Gasteiger partial charge in [-0.3, -0.25) is 4.99 Å². The van der Waals surface area contributed by atoms with Gasteiger partial charge < -0.3 is 15.4 Å². The van der Waals surface area contributed by atoms with E-state index in [1.807, 2.05) is 13.8 Å². The predicted molar refractivity (Wildman–Crippen MR) is 49.4 cm³/mol. The number of ether oxygens (including phenoxy) is 1. The summed E-state index contributed by atoms with van der Waals surface area (Å²) in [6.07, 6.45) is 0.310. The summed E-state index contributed by atoms with van der Waals surface area (Å²) in [5.41, 5.74) is 0. The maximum Gasteiger partial charge on any atom is 0.191 e. The first kappa shape index (κ1) is 9.32. The number of rotatable bonds is 4. The van der Waals surface area contributed by atoms with E-state index in [1.165, 1.54) is 0 Å². The molecule has 70 valence electrons. The Balaban J connectivity index is 1.95. The van der Waals surface area contributed by atoms with Crippen LogP contribution in [0, 0.1) is 0 Å². The van der Waals surface area contributed by atoms with Crippen LogP contribution >= 0.6 is 0 Å². The van der Waals surface area contributed by atoms with Crippen LogP contribution in [0.3, 0.4) is 0 Å². The molecule has 0 fully saturated rings. The quantitative estimate of drug-likeness (QED) is 0.583. The molecule has 0 unspecified atom stereocenters. The Morgan fingerprint density at radius 2 is 2.50 bits per heavy atom. The first-order chi connectivity index (χ1) is 5.79. The molecule has 0 saturated carbocycles. The highest BCUT2D eigenvalue weighted by atomic mass is 16.5. The Bertz CT molecular complexity index is 156. The molecule has 0 aromatic heterocycles. The first-order valence-electron chi connectivity index (χ1n) is 4.43. The molecule has 4 heteroatoms. The summed E-state index contributed by atoms with van der Waals surface area (Å²) in [6, 6.07) is 0. The van der Waals surface area contributed by atoms with Crippen LogP contribution in [0.4, 0.5) is 0 Å². The van der Waals surface area contributed by atoms with Crippen LogP contribution in [-0.2, 0) is 4.74 Å². The van der Waals surface area contributed by atoms with Crippen LogP contribution in [0.5, 0.6) is 0 Å². The molecule has 1 rings (SSSR count). The van der Waals surface area contributed by atoms with Gasteiger partial charge in [-0.15, -0.1) is 0 Å². The van der Waals surface area contributed by atoms with Gasteiger partial charge in [0.25, 0.3) is 0 Å². The fourth-order valence-electron chi connectivity index (χ4n) is 0.980. The molecule has 0 bridgehead atoms. The lowest BCUT2D eigenvalue weighted by molar-refractivity contribution is 0.0829. The average molecular weight is 171 g/mol. The van der Waals surface area contributed by atoms with Gasteiger partial charge in [-0.1, -0.05) is 0 Å². The minimum Gasteiger partial charge on any atom is -0.377 e. The zero-order valence-electron chi connectivity index (χ0n) is 7.76. The Morgan fingerprint density at radius 3 is 3.08 bits per heavy atom. The predicted octanol–water partition coefficient (Wildman–Crippen LogP) is -0.0398. The molecule has 0 radical (unpaired) electrons. The molecule has 4 nitrogen and oxygen atoms in total. The number of nitrogens with one attached hydrogen (secondary N) is 2.